The number of aryl methyl sites for hydroxylation is 1. The third-order valence-corrected chi connectivity index (χ3v) is 4.25. The van der Waals surface area contributed by atoms with Crippen LogP contribution in [0.5, 0.6) is 0 Å². The van der Waals surface area contributed by atoms with Crippen LogP contribution in [0.15, 0.2) is 16.0 Å². The Kier molecular flexibility index (Phi) is 3.43. The zero-order valence-electron chi connectivity index (χ0n) is 10.6. The number of hydrogen-bond acceptors (Lipinski definition) is 5. The number of fused-ring (bicyclic) bond motifs is 1. The highest BCUT2D eigenvalue weighted by atomic mass is 32.1. The Bertz CT molecular complexity index is 520. The molecule has 96 valence electrons. The topological polar surface area (TPSA) is 42.2 Å². The predicted molar refractivity (Wildman–Crippen MR) is 70.4 cm³/mol. The molecule has 0 radical (unpaired) electrons. The molecular formula is C13H17N3OS. The highest BCUT2D eigenvalue weighted by Gasteiger charge is 2.19. The van der Waals surface area contributed by atoms with Gasteiger partial charge in [-0.05, 0) is 29.9 Å². The first kappa shape index (κ1) is 11.9. The minimum atomic E-state index is 0.747. The second-order valence-electron chi connectivity index (χ2n) is 4.68. The van der Waals surface area contributed by atoms with Gasteiger partial charge in [-0.3, -0.25) is 4.90 Å². The average Bonchev–Trinajstić information content (AvgIpc) is 2.98. The Morgan fingerprint density at radius 1 is 1.50 bits per heavy atom. The first-order valence-electron chi connectivity index (χ1n) is 6.44. The number of rotatable bonds is 4. The highest BCUT2D eigenvalue weighted by Crippen LogP contribution is 2.24. The SMILES string of the molecule is CCCc1noc(CN2CCc3sccc3C2)n1. The van der Waals surface area contributed by atoms with E-state index in [1.807, 2.05) is 11.3 Å². The van der Waals surface area contributed by atoms with Crippen molar-refractivity contribution in [1.82, 2.24) is 15.0 Å². The molecule has 0 bridgehead atoms. The molecule has 0 saturated carbocycles. The molecule has 1 aliphatic rings. The van der Waals surface area contributed by atoms with Crippen LogP contribution in [0.25, 0.3) is 0 Å². The normalized spacial score (nSPS) is 15.8. The summed E-state index contributed by atoms with van der Waals surface area (Å²) >= 11 is 1.87. The van der Waals surface area contributed by atoms with E-state index in [0.717, 1.165) is 50.6 Å². The number of aromatic nitrogens is 2. The summed E-state index contributed by atoms with van der Waals surface area (Å²) in [5.74, 6) is 1.58. The molecule has 0 amide bonds. The van der Waals surface area contributed by atoms with Crippen LogP contribution < -0.4 is 0 Å². The standard InChI is InChI=1S/C13H17N3OS/c1-2-3-12-14-13(17-15-12)9-16-6-4-11-10(8-16)5-7-18-11/h5,7H,2-4,6,8-9H2,1H3. The summed E-state index contributed by atoms with van der Waals surface area (Å²) in [4.78, 5) is 8.33. The Hall–Kier alpha value is -1.20. The van der Waals surface area contributed by atoms with E-state index in [1.165, 1.54) is 10.4 Å². The predicted octanol–water partition coefficient (Wildman–Crippen LogP) is 2.64. The summed E-state index contributed by atoms with van der Waals surface area (Å²) in [6.45, 7) is 4.98. The van der Waals surface area contributed by atoms with Gasteiger partial charge < -0.3 is 4.52 Å². The van der Waals surface area contributed by atoms with Gasteiger partial charge in [-0.2, -0.15) is 4.98 Å². The molecule has 0 fully saturated rings. The van der Waals surface area contributed by atoms with E-state index in [0.29, 0.717) is 0 Å². The second kappa shape index (κ2) is 5.20. The Balaban J connectivity index is 1.63. The molecule has 0 spiro atoms. The van der Waals surface area contributed by atoms with Gasteiger partial charge in [0.15, 0.2) is 5.82 Å². The molecule has 5 heteroatoms. The monoisotopic (exact) mass is 263 g/mol. The number of hydrogen-bond donors (Lipinski definition) is 0. The van der Waals surface area contributed by atoms with Crippen molar-refractivity contribution >= 4 is 11.3 Å². The molecule has 0 aromatic carbocycles. The Morgan fingerprint density at radius 3 is 3.33 bits per heavy atom. The molecule has 2 aromatic rings. The van der Waals surface area contributed by atoms with Gasteiger partial charge in [0, 0.05) is 24.4 Å². The maximum atomic E-state index is 5.29. The Morgan fingerprint density at radius 2 is 2.44 bits per heavy atom. The molecule has 0 aliphatic carbocycles. The van der Waals surface area contributed by atoms with Crippen LogP contribution in [0.4, 0.5) is 0 Å². The van der Waals surface area contributed by atoms with Gasteiger partial charge in [0.25, 0.3) is 0 Å². The van der Waals surface area contributed by atoms with E-state index in [-0.39, 0.29) is 0 Å². The molecule has 0 N–H and O–H groups in total. The minimum absolute atomic E-state index is 0.747. The lowest BCUT2D eigenvalue weighted by Crippen LogP contribution is -2.29. The molecule has 2 aromatic heterocycles. The number of thiophene rings is 1. The van der Waals surface area contributed by atoms with E-state index >= 15 is 0 Å². The minimum Gasteiger partial charge on any atom is -0.338 e. The lowest BCUT2D eigenvalue weighted by atomic mass is 10.1. The quantitative estimate of drug-likeness (QED) is 0.850. The van der Waals surface area contributed by atoms with Crippen molar-refractivity contribution in [3.8, 4) is 0 Å². The van der Waals surface area contributed by atoms with Crippen LogP contribution >= 0.6 is 11.3 Å². The summed E-state index contributed by atoms with van der Waals surface area (Å²) in [5, 5.41) is 6.18. The molecule has 18 heavy (non-hydrogen) atoms. The molecule has 0 unspecified atom stereocenters. The zero-order chi connectivity index (χ0) is 12.4. The molecular weight excluding hydrogens is 246 g/mol. The van der Waals surface area contributed by atoms with Crippen LogP contribution in [0, 0.1) is 0 Å². The van der Waals surface area contributed by atoms with Crippen molar-refractivity contribution < 1.29 is 4.52 Å². The average molecular weight is 263 g/mol. The van der Waals surface area contributed by atoms with Gasteiger partial charge in [0.05, 0.1) is 6.54 Å². The fraction of sp³-hybridized carbons (Fsp3) is 0.538. The first-order chi connectivity index (χ1) is 8.85. The summed E-state index contributed by atoms with van der Waals surface area (Å²) < 4.78 is 5.29. The Labute approximate surface area is 111 Å². The van der Waals surface area contributed by atoms with Gasteiger partial charge in [0.2, 0.25) is 5.89 Å². The van der Waals surface area contributed by atoms with Gasteiger partial charge in [-0.25, -0.2) is 0 Å². The summed E-state index contributed by atoms with van der Waals surface area (Å²) in [7, 11) is 0. The third kappa shape index (κ3) is 2.47. The lowest BCUT2D eigenvalue weighted by Gasteiger charge is -2.24. The lowest BCUT2D eigenvalue weighted by molar-refractivity contribution is 0.212. The van der Waals surface area contributed by atoms with E-state index in [2.05, 4.69) is 33.4 Å². The second-order valence-corrected chi connectivity index (χ2v) is 5.68. The van der Waals surface area contributed by atoms with Crippen LogP contribution in [0.2, 0.25) is 0 Å². The molecule has 0 saturated heterocycles. The van der Waals surface area contributed by atoms with Crippen molar-refractivity contribution in [3.63, 3.8) is 0 Å². The maximum Gasteiger partial charge on any atom is 0.240 e. The van der Waals surface area contributed by atoms with Crippen LogP contribution in [0.1, 0.15) is 35.5 Å². The summed E-state index contributed by atoms with van der Waals surface area (Å²) in [5.41, 5.74) is 1.46. The van der Waals surface area contributed by atoms with Crippen LogP contribution in [-0.4, -0.2) is 21.6 Å². The fourth-order valence-corrected chi connectivity index (χ4v) is 3.20. The van der Waals surface area contributed by atoms with E-state index < -0.39 is 0 Å². The van der Waals surface area contributed by atoms with Crippen molar-refractivity contribution in [2.75, 3.05) is 6.54 Å². The molecule has 3 heterocycles. The van der Waals surface area contributed by atoms with Crippen molar-refractivity contribution in [3.05, 3.63) is 33.6 Å². The summed E-state index contributed by atoms with van der Waals surface area (Å²) in [6.07, 6.45) is 3.10. The van der Waals surface area contributed by atoms with Gasteiger partial charge in [-0.1, -0.05) is 12.1 Å². The third-order valence-electron chi connectivity index (χ3n) is 3.23. The van der Waals surface area contributed by atoms with Crippen LogP contribution in [-0.2, 0) is 25.9 Å². The van der Waals surface area contributed by atoms with Crippen molar-refractivity contribution in [2.24, 2.45) is 0 Å². The van der Waals surface area contributed by atoms with E-state index in [9.17, 15) is 0 Å². The molecule has 3 rings (SSSR count). The first-order valence-corrected chi connectivity index (χ1v) is 7.32. The largest absolute Gasteiger partial charge is 0.338 e. The zero-order valence-corrected chi connectivity index (χ0v) is 11.4. The van der Waals surface area contributed by atoms with E-state index in [4.69, 9.17) is 4.52 Å². The number of nitrogens with zero attached hydrogens (tertiary/aromatic N) is 3. The van der Waals surface area contributed by atoms with Crippen LogP contribution in [0.3, 0.4) is 0 Å². The highest BCUT2D eigenvalue weighted by molar-refractivity contribution is 7.10. The maximum absolute atomic E-state index is 5.29. The fourth-order valence-electron chi connectivity index (χ4n) is 2.31. The van der Waals surface area contributed by atoms with Gasteiger partial charge in [0.1, 0.15) is 0 Å². The smallest absolute Gasteiger partial charge is 0.240 e. The summed E-state index contributed by atoms with van der Waals surface area (Å²) in [6, 6.07) is 2.22. The van der Waals surface area contributed by atoms with Crippen molar-refractivity contribution in [1.29, 1.82) is 0 Å². The van der Waals surface area contributed by atoms with Gasteiger partial charge >= 0.3 is 0 Å². The van der Waals surface area contributed by atoms with Gasteiger partial charge in [-0.15, -0.1) is 11.3 Å². The van der Waals surface area contributed by atoms with Crippen molar-refractivity contribution in [2.45, 2.75) is 39.3 Å². The van der Waals surface area contributed by atoms with E-state index in [1.54, 1.807) is 0 Å². The molecule has 4 nitrogen and oxygen atoms in total. The molecule has 1 aliphatic heterocycles. The molecule has 0 atom stereocenters.